The fraction of sp³-hybridized carbons (Fsp3) is 0.400. The number of nitrogens with one attached hydrogen (secondary N) is 1. The summed E-state index contributed by atoms with van der Waals surface area (Å²) in [5, 5.41) is 2.87. The van der Waals surface area contributed by atoms with E-state index < -0.39 is 6.04 Å². The van der Waals surface area contributed by atoms with Crippen LogP contribution in [0.3, 0.4) is 0 Å². The summed E-state index contributed by atoms with van der Waals surface area (Å²) in [4.78, 5) is 35.7. The van der Waals surface area contributed by atoms with E-state index in [2.05, 4.69) is 15.3 Å². The highest BCUT2D eigenvalue weighted by Crippen LogP contribution is 2.22. The molecule has 1 aliphatic heterocycles. The van der Waals surface area contributed by atoms with Crippen molar-refractivity contribution in [2.45, 2.75) is 39.7 Å². The van der Waals surface area contributed by atoms with Crippen LogP contribution in [-0.2, 0) is 9.59 Å². The molecule has 6 heteroatoms. The number of rotatable bonds is 4. The Morgan fingerprint density at radius 1 is 1.19 bits per heavy atom. The number of aromatic nitrogens is 2. The van der Waals surface area contributed by atoms with Crippen LogP contribution in [0.2, 0.25) is 0 Å². The molecule has 136 valence electrons. The molecule has 0 aliphatic carbocycles. The molecule has 1 fully saturated rings. The first-order valence-corrected chi connectivity index (χ1v) is 8.98. The molecular weight excluding hydrogens is 328 g/mol. The number of aryl methyl sites for hydroxylation is 1. The van der Waals surface area contributed by atoms with Crippen LogP contribution in [0.25, 0.3) is 11.4 Å². The average molecular weight is 352 g/mol. The fourth-order valence-corrected chi connectivity index (χ4v) is 3.19. The fourth-order valence-electron chi connectivity index (χ4n) is 3.19. The molecule has 2 amide bonds. The van der Waals surface area contributed by atoms with Gasteiger partial charge in [0, 0.05) is 29.8 Å². The van der Waals surface area contributed by atoms with Crippen molar-refractivity contribution in [3.05, 3.63) is 42.1 Å². The Morgan fingerprint density at radius 2 is 1.92 bits per heavy atom. The van der Waals surface area contributed by atoms with Gasteiger partial charge in [0.25, 0.3) is 0 Å². The topological polar surface area (TPSA) is 75.2 Å². The van der Waals surface area contributed by atoms with E-state index in [9.17, 15) is 9.59 Å². The lowest BCUT2D eigenvalue weighted by Gasteiger charge is -2.25. The number of likely N-dealkylation sites (tertiary alicyclic amines) is 1. The molecule has 1 atom stereocenters. The lowest BCUT2D eigenvalue weighted by Crippen LogP contribution is -2.44. The van der Waals surface area contributed by atoms with Crippen molar-refractivity contribution in [1.82, 2.24) is 14.9 Å². The summed E-state index contributed by atoms with van der Waals surface area (Å²) in [6, 6.07) is 11.0. The van der Waals surface area contributed by atoms with E-state index in [0.717, 1.165) is 17.7 Å². The van der Waals surface area contributed by atoms with Gasteiger partial charge in [0.05, 0.1) is 0 Å². The number of anilines is 1. The van der Waals surface area contributed by atoms with Gasteiger partial charge in [-0.2, -0.15) is 0 Å². The van der Waals surface area contributed by atoms with Crippen molar-refractivity contribution < 1.29 is 9.59 Å². The van der Waals surface area contributed by atoms with Gasteiger partial charge in [0.15, 0.2) is 5.82 Å². The van der Waals surface area contributed by atoms with Gasteiger partial charge in [-0.1, -0.05) is 44.2 Å². The van der Waals surface area contributed by atoms with Gasteiger partial charge in [-0.15, -0.1) is 0 Å². The maximum Gasteiger partial charge on any atom is 0.248 e. The minimum Gasteiger partial charge on any atom is -0.330 e. The summed E-state index contributed by atoms with van der Waals surface area (Å²) in [5.41, 5.74) is 1.67. The first kappa shape index (κ1) is 18.0. The number of nitrogens with zero attached hydrogens (tertiary/aromatic N) is 3. The standard InChI is InChI=1S/C20H24N4O2/c1-13(2)20(26)24-11-7-10-16(24)19(25)23-17-12-14(3)21-18(22-17)15-8-5-4-6-9-15/h4-6,8-9,12-13,16H,7,10-11H2,1-3H3,(H,21,22,23,25). The molecule has 1 aromatic heterocycles. The van der Waals surface area contributed by atoms with Gasteiger partial charge >= 0.3 is 0 Å². The number of carbonyl (C=O) groups excluding carboxylic acids is 2. The number of hydrogen-bond donors (Lipinski definition) is 1. The molecule has 0 radical (unpaired) electrons. The van der Waals surface area contributed by atoms with E-state index in [1.54, 1.807) is 11.0 Å². The van der Waals surface area contributed by atoms with Gasteiger partial charge in [-0.25, -0.2) is 9.97 Å². The number of carbonyl (C=O) groups is 2. The molecule has 0 saturated carbocycles. The van der Waals surface area contributed by atoms with Gasteiger partial charge in [0.2, 0.25) is 11.8 Å². The van der Waals surface area contributed by atoms with E-state index in [1.165, 1.54) is 0 Å². The Labute approximate surface area is 153 Å². The molecule has 1 aliphatic rings. The molecule has 26 heavy (non-hydrogen) atoms. The Kier molecular flexibility index (Phi) is 5.30. The molecule has 1 saturated heterocycles. The van der Waals surface area contributed by atoms with Crippen LogP contribution in [-0.4, -0.2) is 39.3 Å². The molecule has 6 nitrogen and oxygen atoms in total. The van der Waals surface area contributed by atoms with Crippen molar-refractivity contribution in [3.63, 3.8) is 0 Å². The number of benzene rings is 1. The van der Waals surface area contributed by atoms with Crippen molar-refractivity contribution in [1.29, 1.82) is 0 Å². The van der Waals surface area contributed by atoms with Gasteiger partial charge in [-0.05, 0) is 19.8 Å². The Morgan fingerprint density at radius 3 is 2.62 bits per heavy atom. The molecule has 1 N–H and O–H groups in total. The van der Waals surface area contributed by atoms with Crippen LogP contribution in [0.15, 0.2) is 36.4 Å². The van der Waals surface area contributed by atoms with Crippen LogP contribution in [0.5, 0.6) is 0 Å². The molecular formula is C20H24N4O2. The average Bonchev–Trinajstić information content (AvgIpc) is 3.11. The third-order valence-electron chi connectivity index (χ3n) is 4.47. The maximum absolute atomic E-state index is 12.7. The monoisotopic (exact) mass is 352 g/mol. The number of amides is 2. The SMILES string of the molecule is Cc1cc(NC(=O)C2CCCN2C(=O)C(C)C)nc(-c2ccccc2)n1. The van der Waals surface area contributed by atoms with Gasteiger partial charge in [-0.3, -0.25) is 9.59 Å². The van der Waals surface area contributed by atoms with Crippen molar-refractivity contribution in [2.24, 2.45) is 5.92 Å². The van der Waals surface area contributed by atoms with Crippen LogP contribution >= 0.6 is 0 Å². The first-order valence-electron chi connectivity index (χ1n) is 8.98. The third kappa shape index (κ3) is 3.90. The second kappa shape index (κ2) is 7.64. The zero-order valence-corrected chi connectivity index (χ0v) is 15.4. The quantitative estimate of drug-likeness (QED) is 0.918. The maximum atomic E-state index is 12.7. The molecule has 2 heterocycles. The van der Waals surface area contributed by atoms with Crippen molar-refractivity contribution in [2.75, 3.05) is 11.9 Å². The van der Waals surface area contributed by atoms with E-state index >= 15 is 0 Å². The molecule has 1 unspecified atom stereocenters. The van der Waals surface area contributed by atoms with Crippen LogP contribution in [0.4, 0.5) is 5.82 Å². The van der Waals surface area contributed by atoms with Crippen LogP contribution in [0.1, 0.15) is 32.4 Å². The molecule has 0 bridgehead atoms. The van der Waals surface area contributed by atoms with E-state index in [1.807, 2.05) is 51.1 Å². The van der Waals surface area contributed by atoms with E-state index in [-0.39, 0.29) is 17.7 Å². The highest BCUT2D eigenvalue weighted by Gasteiger charge is 2.35. The van der Waals surface area contributed by atoms with Crippen LogP contribution in [0, 0.1) is 12.8 Å². The molecule has 3 rings (SSSR count). The summed E-state index contributed by atoms with van der Waals surface area (Å²) in [7, 11) is 0. The van der Waals surface area contributed by atoms with E-state index in [4.69, 9.17) is 0 Å². The van der Waals surface area contributed by atoms with Gasteiger partial charge < -0.3 is 10.2 Å². The summed E-state index contributed by atoms with van der Waals surface area (Å²) < 4.78 is 0. The first-order chi connectivity index (χ1) is 12.5. The minimum atomic E-state index is -0.430. The Bertz CT molecular complexity index is 805. The highest BCUT2D eigenvalue weighted by molar-refractivity contribution is 5.97. The summed E-state index contributed by atoms with van der Waals surface area (Å²) in [6.45, 7) is 6.21. The summed E-state index contributed by atoms with van der Waals surface area (Å²) >= 11 is 0. The van der Waals surface area contributed by atoms with Crippen molar-refractivity contribution in [3.8, 4) is 11.4 Å². The number of hydrogen-bond acceptors (Lipinski definition) is 4. The van der Waals surface area contributed by atoms with Crippen LogP contribution < -0.4 is 5.32 Å². The second-order valence-corrected chi connectivity index (χ2v) is 6.92. The van der Waals surface area contributed by atoms with E-state index in [0.29, 0.717) is 24.6 Å². The summed E-state index contributed by atoms with van der Waals surface area (Å²) in [5.74, 6) is 0.752. The second-order valence-electron chi connectivity index (χ2n) is 6.92. The summed E-state index contributed by atoms with van der Waals surface area (Å²) in [6.07, 6.45) is 1.52. The normalized spacial score (nSPS) is 16.8. The molecule has 2 aromatic rings. The predicted octanol–water partition coefficient (Wildman–Crippen LogP) is 3.04. The molecule has 0 spiro atoms. The largest absolute Gasteiger partial charge is 0.330 e. The lowest BCUT2D eigenvalue weighted by atomic mass is 10.1. The zero-order valence-electron chi connectivity index (χ0n) is 15.4. The van der Waals surface area contributed by atoms with Gasteiger partial charge in [0.1, 0.15) is 11.9 Å². The molecule has 1 aromatic carbocycles. The zero-order chi connectivity index (χ0) is 18.7. The Balaban J connectivity index is 1.79. The highest BCUT2D eigenvalue weighted by atomic mass is 16.2. The smallest absolute Gasteiger partial charge is 0.248 e. The van der Waals surface area contributed by atoms with Crippen molar-refractivity contribution >= 4 is 17.6 Å². The Hall–Kier alpha value is -2.76. The third-order valence-corrected chi connectivity index (χ3v) is 4.47. The predicted molar refractivity (Wildman–Crippen MR) is 100 cm³/mol. The minimum absolute atomic E-state index is 0.0199. The lowest BCUT2D eigenvalue weighted by molar-refractivity contribution is -0.139.